The number of unbranched alkanes of at least 4 members (excludes halogenated alkanes) is 5. The normalized spacial score (nSPS) is 11.0. The van der Waals surface area contributed by atoms with E-state index in [4.69, 9.17) is 0 Å². The largest absolute Gasteiger partial charge is 0.213 e. The molecule has 0 unspecified atom stereocenters. The quantitative estimate of drug-likeness (QED) is 0.371. The average molecular weight is 412 g/mol. The van der Waals surface area contributed by atoms with Gasteiger partial charge in [-0.15, -0.1) is 5.10 Å². The molecule has 0 spiro atoms. The Kier molecular flexibility index (Phi) is 7.01. The van der Waals surface area contributed by atoms with Gasteiger partial charge in [0.05, 0.1) is 17.1 Å². The number of aryl methyl sites for hydroxylation is 1. The number of nitrogens with zero attached hydrogens (tertiary/aromatic N) is 3. The summed E-state index contributed by atoms with van der Waals surface area (Å²) in [6.07, 6.45) is 8.70. The van der Waals surface area contributed by atoms with Crippen molar-refractivity contribution < 1.29 is 0 Å². The Morgan fingerprint density at radius 2 is 1.54 bits per heavy atom. The van der Waals surface area contributed by atoms with Crippen LogP contribution in [0.4, 0.5) is 0 Å². The van der Waals surface area contributed by atoms with Crippen LogP contribution < -0.4 is 0 Å². The standard InChI is InChI=1S/C22H26BrN3/c1-2-3-4-5-6-10-13-21-22(18-11-8-7-9-12-18)26(25-24-21)20-16-14-19(23)15-17-20/h7-9,11-12,14-17H,2-6,10,13H2,1H3. The molecule has 0 amide bonds. The fourth-order valence-electron chi connectivity index (χ4n) is 3.20. The molecule has 3 aromatic rings. The van der Waals surface area contributed by atoms with E-state index < -0.39 is 0 Å². The highest BCUT2D eigenvalue weighted by atomic mass is 79.9. The van der Waals surface area contributed by atoms with Crippen LogP contribution in [-0.4, -0.2) is 15.0 Å². The van der Waals surface area contributed by atoms with Gasteiger partial charge in [-0.2, -0.15) is 0 Å². The summed E-state index contributed by atoms with van der Waals surface area (Å²) in [5, 5.41) is 9.00. The predicted octanol–water partition coefficient (Wildman–Crippen LogP) is 6.60. The monoisotopic (exact) mass is 411 g/mol. The van der Waals surface area contributed by atoms with E-state index in [1.807, 2.05) is 22.9 Å². The van der Waals surface area contributed by atoms with Gasteiger partial charge in [0.15, 0.2) is 0 Å². The third-order valence-corrected chi connectivity index (χ3v) is 5.15. The van der Waals surface area contributed by atoms with Gasteiger partial charge in [0.2, 0.25) is 0 Å². The van der Waals surface area contributed by atoms with Gasteiger partial charge in [0, 0.05) is 10.0 Å². The zero-order chi connectivity index (χ0) is 18.2. The highest BCUT2D eigenvalue weighted by Gasteiger charge is 2.15. The summed E-state index contributed by atoms with van der Waals surface area (Å²) >= 11 is 3.50. The summed E-state index contributed by atoms with van der Waals surface area (Å²) < 4.78 is 3.03. The molecular weight excluding hydrogens is 386 g/mol. The van der Waals surface area contributed by atoms with Gasteiger partial charge in [0.25, 0.3) is 0 Å². The predicted molar refractivity (Wildman–Crippen MR) is 112 cm³/mol. The molecule has 3 rings (SSSR count). The maximum absolute atomic E-state index is 4.53. The summed E-state index contributed by atoms with van der Waals surface area (Å²) in [5.41, 5.74) is 4.41. The molecule has 26 heavy (non-hydrogen) atoms. The van der Waals surface area contributed by atoms with Crippen LogP contribution in [0.2, 0.25) is 0 Å². The minimum absolute atomic E-state index is 0.979. The number of benzene rings is 2. The minimum atomic E-state index is 0.979. The first kappa shape index (κ1) is 18.8. The fourth-order valence-corrected chi connectivity index (χ4v) is 3.47. The third-order valence-electron chi connectivity index (χ3n) is 4.63. The van der Waals surface area contributed by atoms with Crippen LogP contribution in [0.5, 0.6) is 0 Å². The Bertz CT molecular complexity index is 794. The Morgan fingerprint density at radius 3 is 2.27 bits per heavy atom. The molecule has 2 aromatic carbocycles. The molecule has 0 bridgehead atoms. The highest BCUT2D eigenvalue weighted by molar-refractivity contribution is 9.10. The average Bonchev–Trinajstić information content (AvgIpc) is 3.10. The molecule has 0 saturated heterocycles. The first-order valence-corrected chi connectivity index (χ1v) is 10.3. The summed E-state index contributed by atoms with van der Waals surface area (Å²) in [7, 11) is 0. The van der Waals surface area contributed by atoms with Crippen molar-refractivity contribution in [1.29, 1.82) is 0 Å². The van der Waals surface area contributed by atoms with Crippen LogP contribution in [0.3, 0.4) is 0 Å². The van der Waals surface area contributed by atoms with Crippen LogP contribution >= 0.6 is 15.9 Å². The lowest BCUT2D eigenvalue weighted by Gasteiger charge is -2.09. The zero-order valence-electron chi connectivity index (χ0n) is 15.4. The van der Waals surface area contributed by atoms with E-state index in [1.165, 1.54) is 44.1 Å². The number of aromatic nitrogens is 3. The molecule has 0 saturated carbocycles. The van der Waals surface area contributed by atoms with Crippen LogP contribution in [0.15, 0.2) is 59.1 Å². The van der Waals surface area contributed by atoms with Gasteiger partial charge in [0.1, 0.15) is 0 Å². The highest BCUT2D eigenvalue weighted by Crippen LogP contribution is 2.27. The molecule has 0 aliphatic heterocycles. The summed E-state index contributed by atoms with van der Waals surface area (Å²) in [6, 6.07) is 18.7. The molecule has 0 aliphatic rings. The van der Waals surface area contributed by atoms with Gasteiger partial charge >= 0.3 is 0 Å². The van der Waals surface area contributed by atoms with Crippen LogP contribution in [0.25, 0.3) is 16.9 Å². The maximum atomic E-state index is 4.53. The number of rotatable bonds is 9. The van der Waals surface area contributed by atoms with Gasteiger partial charge in [-0.25, -0.2) is 4.68 Å². The van der Waals surface area contributed by atoms with E-state index in [0.29, 0.717) is 0 Å². The molecular formula is C22H26BrN3. The van der Waals surface area contributed by atoms with Crippen molar-refractivity contribution in [2.75, 3.05) is 0 Å². The van der Waals surface area contributed by atoms with E-state index >= 15 is 0 Å². The van der Waals surface area contributed by atoms with Gasteiger partial charge < -0.3 is 0 Å². The number of hydrogen-bond donors (Lipinski definition) is 0. The van der Waals surface area contributed by atoms with E-state index in [0.717, 1.165) is 28.0 Å². The molecule has 1 heterocycles. The minimum Gasteiger partial charge on any atom is -0.213 e. The third kappa shape index (κ3) is 4.82. The van der Waals surface area contributed by atoms with Crippen molar-refractivity contribution in [1.82, 2.24) is 15.0 Å². The maximum Gasteiger partial charge on any atom is 0.0976 e. The fraction of sp³-hybridized carbons (Fsp3) is 0.364. The van der Waals surface area contributed by atoms with E-state index in [-0.39, 0.29) is 0 Å². The zero-order valence-corrected chi connectivity index (χ0v) is 17.0. The summed E-state index contributed by atoms with van der Waals surface area (Å²) in [4.78, 5) is 0. The smallest absolute Gasteiger partial charge is 0.0976 e. The van der Waals surface area contributed by atoms with Crippen molar-refractivity contribution in [3.63, 3.8) is 0 Å². The Morgan fingerprint density at radius 1 is 0.846 bits per heavy atom. The Hall–Kier alpha value is -1.94. The van der Waals surface area contributed by atoms with Crippen molar-refractivity contribution in [3.05, 3.63) is 64.8 Å². The lowest BCUT2D eigenvalue weighted by molar-refractivity contribution is 0.604. The Balaban J connectivity index is 1.82. The van der Waals surface area contributed by atoms with Crippen molar-refractivity contribution in [2.24, 2.45) is 0 Å². The lowest BCUT2D eigenvalue weighted by Crippen LogP contribution is -2.00. The summed E-state index contributed by atoms with van der Waals surface area (Å²) in [5.74, 6) is 0. The SMILES string of the molecule is CCCCCCCCc1nnn(-c2ccc(Br)cc2)c1-c1ccccc1. The van der Waals surface area contributed by atoms with Crippen molar-refractivity contribution >= 4 is 15.9 Å². The second kappa shape index (κ2) is 9.67. The van der Waals surface area contributed by atoms with Crippen LogP contribution in [0, 0.1) is 0 Å². The number of hydrogen-bond acceptors (Lipinski definition) is 2. The molecule has 0 fully saturated rings. The molecule has 4 heteroatoms. The molecule has 0 radical (unpaired) electrons. The van der Waals surface area contributed by atoms with Gasteiger partial charge in [-0.1, -0.05) is 90.5 Å². The topological polar surface area (TPSA) is 30.7 Å². The molecule has 3 nitrogen and oxygen atoms in total. The van der Waals surface area contributed by atoms with Gasteiger partial charge in [-0.05, 0) is 37.1 Å². The Labute approximate surface area is 164 Å². The first-order chi connectivity index (χ1) is 12.8. The first-order valence-electron chi connectivity index (χ1n) is 9.55. The van der Waals surface area contributed by atoms with Crippen molar-refractivity contribution in [3.8, 4) is 16.9 Å². The van der Waals surface area contributed by atoms with Crippen molar-refractivity contribution in [2.45, 2.75) is 51.9 Å². The lowest BCUT2D eigenvalue weighted by atomic mass is 10.0. The molecule has 0 N–H and O–H groups in total. The summed E-state index contributed by atoms with van der Waals surface area (Å²) in [6.45, 7) is 2.26. The van der Waals surface area contributed by atoms with Crippen LogP contribution in [-0.2, 0) is 6.42 Å². The van der Waals surface area contributed by atoms with E-state index in [2.05, 4.69) is 69.6 Å². The van der Waals surface area contributed by atoms with Gasteiger partial charge in [-0.3, -0.25) is 0 Å². The van der Waals surface area contributed by atoms with E-state index in [9.17, 15) is 0 Å². The molecule has 1 aromatic heterocycles. The number of halogens is 1. The van der Waals surface area contributed by atoms with E-state index in [1.54, 1.807) is 0 Å². The van der Waals surface area contributed by atoms with Crippen LogP contribution in [0.1, 0.15) is 51.1 Å². The molecule has 136 valence electrons. The second-order valence-corrected chi connectivity index (χ2v) is 7.57. The second-order valence-electron chi connectivity index (χ2n) is 6.66. The molecule has 0 atom stereocenters. The molecule has 0 aliphatic carbocycles.